The van der Waals surface area contributed by atoms with Crippen LogP contribution < -0.4 is 0 Å². The van der Waals surface area contributed by atoms with Gasteiger partial charge in [-0.1, -0.05) is 291 Å². The Balaban J connectivity index is 0.000000628. The van der Waals surface area contributed by atoms with E-state index in [0.29, 0.717) is 113 Å². The molecule has 17 heteroatoms. The molecule has 1 atom stereocenters. The van der Waals surface area contributed by atoms with Crippen LogP contribution in [0.15, 0.2) is 104 Å². The number of aliphatic imine (C=N–C) groups is 1. The third-order valence-corrected chi connectivity index (χ3v) is 21.2. The summed E-state index contributed by atoms with van der Waals surface area (Å²) >= 11 is 1.77. The van der Waals surface area contributed by atoms with Crippen molar-refractivity contribution in [1.29, 1.82) is 0 Å². The Morgan fingerprint density at radius 1 is 0.496 bits per heavy atom. The molecule has 113 heavy (non-hydrogen) atoms. The Morgan fingerprint density at radius 2 is 1.03 bits per heavy atom. The molecular weight excluding hydrogens is 1410 g/mol. The molecule has 10 rings (SSSR count). The third-order valence-electron chi connectivity index (χ3n) is 20.0. The van der Waals surface area contributed by atoms with E-state index in [-0.39, 0.29) is 0 Å². The van der Waals surface area contributed by atoms with Crippen LogP contribution in [0.5, 0.6) is 0 Å². The van der Waals surface area contributed by atoms with Crippen molar-refractivity contribution < 1.29 is 13.6 Å². The van der Waals surface area contributed by atoms with E-state index in [0.717, 1.165) is 41.2 Å². The number of nitrogens with zero attached hydrogens (tertiary/aromatic N) is 13. The molecule has 16 nitrogen and oxygen atoms in total. The summed E-state index contributed by atoms with van der Waals surface area (Å²) in [6, 6.07) is 0.523. The highest BCUT2D eigenvalue weighted by molar-refractivity contribution is 7.09. The second-order valence-corrected chi connectivity index (χ2v) is 37.9. The number of nitrogens with one attached hydrogen (secondary N) is 1. The molecule has 0 fully saturated rings. The number of aryl methyl sites for hydroxylation is 2. The normalized spacial score (nSPS) is 14.0. The number of imidazole rings is 1. The molecule has 0 saturated heterocycles. The van der Waals surface area contributed by atoms with Crippen molar-refractivity contribution in [3.05, 3.63) is 163 Å². The Kier molecular flexibility index (Phi) is 47.2. The number of allylic oxidation sites excluding steroid dienone is 6. The lowest BCUT2D eigenvalue weighted by atomic mass is 9.87. The van der Waals surface area contributed by atoms with Gasteiger partial charge in [0.25, 0.3) is 0 Å². The topological polar surface area (TPSA) is 175 Å². The zero-order chi connectivity index (χ0) is 86.9. The SMILES string of the molecule is CC(C)C1=C(C(C)C)CC=C1.CC(C)C1=C(C(C)C)CN=C1.CC(C)C1=[N+](C)C=CC1C(C)C.CC(C)c1cn(C)nc1C(C)C.CC(C)c1cn[nH]c1C(C)C.CC(C)c1cnn(C)c1C(C)C.CC(C)c1nccn1C(C)C.CC(C)c1ncoc1C(C)C.CC(C)c1ncsc1C(C)C.CC(C)c1nonc1C(C)C. The summed E-state index contributed by atoms with van der Waals surface area (Å²) in [5.41, 5.74) is 22.1. The summed E-state index contributed by atoms with van der Waals surface area (Å²) in [5.74, 6) is 13.8. The number of H-pyrrole nitrogens is 1. The highest BCUT2D eigenvalue weighted by Gasteiger charge is 2.31. The number of aromatic amines is 1. The molecule has 0 bridgehead atoms. The average molecular weight is 1580 g/mol. The van der Waals surface area contributed by atoms with Crippen molar-refractivity contribution in [2.75, 3.05) is 13.6 Å². The minimum Gasteiger partial charge on any atom is -0.448 e. The lowest BCUT2D eigenvalue weighted by Gasteiger charge is -2.14. The molecule has 0 amide bonds. The Labute approximate surface area is 695 Å². The lowest BCUT2D eigenvalue weighted by Crippen LogP contribution is -2.25. The standard InChI is InChI=1S/C11H20N.C11H18.2C10H18N2.C10H17N.2C9H16N2.C9H15NO.C9H15NS.C8H14N2O/c1-8(2)10-6-7-12(5)11(10)9(3)4;1-8(2)10-6-5-7-11(10)9(3)4;1-7(2)9-6-12(5)11-10(9)8(3)4;1-7(2)9-6-11-12(5)10(9)8(3)4;1-7(2)9-5-11-6-10(9)8(3)4;1-7(2)9-10-5-6-11(9)8(3)4;1-6(2)8-5-10-11-9(8)7(3)4;2*1-6(2)8-9(7(3)4)11-5-10-8;1-5(2)7-8(6(3)4)10-11-9-7/h6-10H,1-5H3;5-6,8-9H,7H2,1-4H3;2*6-8H,1-5H3;5,7-8H,6H2,1-4H3;5-8H,1-4H3;5-7H,1-4H3,(H,10,11);2*5-7H,1-4H3;5-6H,1-4H3/q+1;;;;;;;;;. The molecular formula is C96H167N14O2S+. The second-order valence-electron chi connectivity index (χ2n) is 37.0. The van der Waals surface area contributed by atoms with Gasteiger partial charge in [-0.25, -0.2) is 24.2 Å². The first-order chi connectivity index (χ1) is 52.5. The number of aromatic nitrogens is 12. The van der Waals surface area contributed by atoms with Crippen LogP contribution in [0, 0.1) is 41.4 Å². The van der Waals surface area contributed by atoms with Crippen molar-refractivity contribution in [1.82, 2.24) is 59.6 Å². The van der Waals surface area contributed by atoms with Gasteiger partial charge in [0, 0.05) is 90.8 Å². The molecule has 1 aliphatic carbocycles. The maximum Gasteiger partial charge on any atom is 0.181 e. The number of oxazole rings is 1. The van der Waals surface area contributed by atoms with Gasteiger partial charge in [0.2, 0.25) is 0 Å². The van der Waals surface area contributed by atoms with E-state index in [2.05, 4.69) is 379 Å². The maximum absolute atomic E-state index is 5.28. The van der Waals surface area contributed by atoms with Crippen molar-refractivity contribution in [2.24, 2.45) is 60.5 Å². The summed E-state index contributed by atoms with van der Waals surface area (Å²) in [5, 5.41) is 23.5. The third kappa shape index (κ3) is 34.1. The first-order valence-electron chi connectivity index (χ1n) is 43.2. The van der Waals surface area contributed by atoms with Crippen LogP contribution in [0.25, 0.3) is 0 Å². The quantitative estimate of drug-likeness (QED) is 0.0723. The number of hydrogen-bond donors (Lipinski definition) is 1. The van der Waals surface area contributed by atoms with Gasteiger partial charge in [-0.3, -0.25) is 19.5 Å². The summed E-state index contributed by atoms with van der Waals surface area (Å²) in [4.78, 5) is 18.6. The van der Waals surface area contributed by atoms with Crippen molar-refractivity contribution in [3.8, 4) is 0 Å². The predicted molar refractivity (Wildman–Crippen MR) is 488 cm³/mol. The molecule has 3 aliphatic rings. The van der Waals surface area contributed by atoms with Crippen LogP contribution >= 0.6 is 11.3 Å². The highest BCUT2D eigenvalue weighted by Crippen LogP contribution is 2.33. The summed E-state index contributed by atoms with van der Waals surface area (Å²) in [6.45, 7) is 88.9. The van der Waals surface area contributed by atoms with Crippen molar-refractivity contribution >= 4 is 23.3 Å². The largest absolute Gasteiger partial charge is 0.448 e. The smallest absolute Gasteiger partial charge is 0.181 e. The number of thiazole rings is 1. The van der Waals surface area contributed by atoms with Crippen molar-refractivity contribution in [3.63, 3.8) is 0 Å². The number of rotatable bonds is 20. The molecule has 1 N–H and O–H groups in total. The number of hydrogen-bond acceptors (Lipinski definition) is 12. The Bertz CT molecular complexity index is 3460. The van der Waals surface area contributed by atoms with E-state index in [1.807, 2.05) is 60.0 Å². The van der Waals surface area contributed by atoms with E-state index in [9.17, 15) is 0 Å². The predicted octanol–water partition coefficient (Wildman–Crippen LogP) is 28.0. The Morgan fingerprint density at radius 3 is 1.37 bits per heavy atom. The van der Waals surface area contributed by atoms with Gasteiger partial charge in [0.05, 0.1) is 47.4 Å². The first kappa shape index (κ1) is 104. The van der Waals surface area contributed by atoms with Gasteiger partial charge in [-0.15, -0.1) is 11.3 Å². The molecule has 0 aromatic carbocycles. The Hall–Kier alpha value is -6.88. The molecule has 2 aliphatic heterocycles. The molecule has 7 aromatic rings. The van der Waals surface area contributed by atoms with E-state index in [4.69, 9.17) is 4.42 Å². The highest BCUT2D eigenvalue weighted by atomic mass is 32.1. The van der Waals surface area contributed by atoms with E-state index in [1.54, 1.807) is 28.2 Å². The molecule has 7 aromatic heterocycles. The minimum absolute atomic E-state index is 0.402. The van der Waals surface area contributed by atoms with E-state index >= 15 is 0 Å². The molecule has 0 radical (unpaired) electrons. The van der Waals surface area contributed by atoms with Gasteiger partial charge in [0.1, 0.15) is 30.0 Å². The van der Waals surface area contributed by atoms with Crippen LogP contribution in [0.1, 0.15) is 439 Å². The zero-order valence-corrected chi connectivity index (χ0v) is 80.8. The summed E-state index contributed by atoms with van der Waals surface area (Å²) in [6.07, 6.45) is 23.8. The van der Waals surface area contributed by atoms with Gasteiger partial charge >= 0.3 is 0 Å². The van der Waals surface area contributed by atoms with Gasteiger partial charge < -0.3 is 8.98 Å². The van der Waals surface area contributed by atoms with Crippen LogP contribution in [0.4, 0.5) is 0 Å². The van der Waals surface area contributed by atoms with Gasteiger partial charge in [0.15, 0.2) is 18.3 Å². The fraction of sp³-hybridized carbons (Fsp3) is 0.688. The van der Waals surface area contributed by atoms with E-state index in [1.165, 1.54) is 74.1 Å². The minimum atomic E-state index is 0.402. The molecule has 1 unspecified atom stereocenters. The molecule has 638 valence electrons. The van der Waals surface area contributed by atoms with E-state index < -0.39 is 0 Å². The summed E-state index contributed by atoms with van der Waals surface area (Å²) < 4.78 is 18.3. The van der Waals surface area contributed by atoms with Crippen LogP contribution in [0.2, 0.25) is 0 Å². The maximum atomic E-state index is 5.28. The van der Waals surface area contributed by atoms with Gasteiger partial charge in [-0.2, -0.15) is 15.3 Å². The average Bonchev–Trinajstić information content (AvgIpc) is 1.69. The first-order valence-corrected chi connectivity index (χ1v) is 44.1. The lowest BCUT2D eigenvalue weighted by molar-refractivity contribution is -0.422. The second kappa shape index (κ2) is 51.2. The molecule has 0 saturated carbocycles. The van der Waals surface area contributed by atoms with Crippen molar-refractivity contribution in [2.45, 2.75) is 366 Å². The molecule has 0 spiro atoms. The van der Waals surface area contributed by atoms with Crippen LogP contribution in [-0.4, -0.2) is 89.7 Å². The monoisotopic (exact) mass is 1580 g/mol. The molecule has 9 heterocycles. The summed E-state index contributed by atoms with van der Waals surface area (Å²) in [7, 11) is 6.15. The van der Waals surface area contributed by atoms with Crippen LogP contribution in [0.3, 0.4) is 0 Å². The zero-order valence-electron chi connectivity index (χ0n) is 80.0. The van der Waals surface area contributed by atoms with Gasteiger partial charge in [-0.05, 0) is 143 Å². The fourth-order valence-electron chi connectivity index (χ4n) is 13.9. The fourth-order valence-corrected chi connectivity index (χ4v) is 14.8. The van der Waals surface area contributed by atoms with Crippen LogP contribution in [-0.2, 0) is 14.1 Å².